The molecule has 0 amide bonds. The molecule has 0 fully saturated rings. The molecule has 0 aromatic rings. The Morgan fingerprint density at radius 3 is 2.08 bits per heavy atom. The van der Waals surface area contributed by atoms with Gasteiger partial charge < -0.3 is 0 Å². The molecular formula is C13H23. The van der Waals surface area contributed by atoms with Crippen LogP contribution >= 0.6 is 0 Å². The number of hydrogen-bond donors (Lipinski definition) is 0. The van der Waals surface area contributed by atoms with E-state index in [9.17, 15) is 0 Å². The van der Waals surface area contributed by atoms with Crippen LogP contribution in [0.5, 0.6) is 0 Å². The maximum atomic E-state index is 3.71. The minimum atomic E-state index is 0.755. The second-order valence-corrected chi connectivity index (χ2v) is 4.12. The molecule has 0 N–H and O–H groups in total. The standard InChI is InChI=1S/C13H23/c1-5-10-9-11(6-2)13(8-4)12(10)7-3/h10,12-13H,5-8H2,1-4H3. The van der Waals surface area contributed by atoms with Crippen molar-refractivity contribution in [3.05, 3.63) is 11.6 Å². The number of allylic oxidation sites excluding steroid dienone is 2. The summed E-state index contributed by atoms with van der Waals surface area (Å²) in [5.74, 6) is 2.50. The molecule has 1 aliphatic rings. The van der Waals surface area contributed by atoms with Gasteiger partial charge in [0.15, 0.2) is 0 Å². The molecule has 0 heterocycles. The van der Waals surface area contributed by atoms with Crippen molar-refractivity contribution in [2.75, 3.05) is 0 Å². The van der Waals surface area contributed by atoms with Gasteiger partial charge in [-0.05, 0) is 43.1 Å². The SMILES string of the molecule is CCC1=[C]C(CC)C(CC)C1CC. The van der Waals surface area contributed by atoms with E-state index in [4.69, 9.17) is 0 Å². The van der Waals surface area contributed by atoms with Crippen LogP contribution in [0, 0.1) is 23.8 Å². The summed E-state index contributed by atoms with van der Waals surface area (Å²) < 4.78 is 0. The zero-order chi connectivity index (χ0) is 9.84. The third-order valence-electron chi connectivity index (χ3n) is 3.58. The van der Waals surface area contributed by atoms with Crippen LogP contribution in [-0.4, -0.2) is 0 Å². The van der Waals surface area contributed by atoms with E-state index in [1.54, 1.807) is 5.57 Å². The van der Waals surface area contributed by atoms with Gasteiger partial charge in [-0.2, -0.15) is 0 Å². The summed E-state index contributed by atoms with van der Waals surface area (Å²) in [5.41, 5.74) is 1.61. The van der Waals surface area contributed by atoms with Crippen LogP contribution in [0.1, 0.15) is 53.4 Å². The fourth-order valence-electron chi connectivity index (χ4n) is 2.88. The van der Waals surface area contributed by atoms with Crippen LogP contribution in [0.4, 0.5) is 0 Å². The van der Waals surface area contributed by atoms with Gasteiger partial charge >= 0.3 is 0 Å². The molecule has 0 nitrogen and oxygen atoms in total. The molecular weight excluding hydrogens is 156 g/mol. The molecule has 0 bridgehead atoms. The first-order valence-electron chi connectivity index (χ1n) is 5.90. The predicted molar refractivity (Wildman–Crippen MR) is 58.4 cm³/mol. The molecule has 0 aromatic carbocycles. The largest absolute Gasteiger partial charge is 0.0651 e. The first-order chi connectivity index (χ1) is 6.28. The van der Waals surface area contributed by atoms with Crippen molar-refractivity contribution in [2.45, 2.75) is 53.4 Å². The molecule has 1 rings (SSSR count). The fraction of sp³-hybridized carbons (Fsp3) is 0.846. The lowest BCUT2D eigenvalue weighted by Crippen LogP contribution is -2.15. The van der Waals surface area contributed by atoms with Crippen LogP contribution in [0.25, 0.3) is 0 Å². The van der Waals surface area contributed by atoms with Crippen LogP contribution in [0.15, 0.2) is 5.57 Å². The minimum Gasteiger partial charge on any atom is -0.0651 e. The summed E-state index contributed by atoms with van der Waals surface area (Å²) in [4.78, 5) is 0. The number of hydrogen-bond acceptors (Lipinski definition) is 0. The average molecular weight is 179 g/mol. The summed E-state index contributed by atoms with van der Waals surface area (Å²) in [6.07, 6.45) is 8.84. The average Bonchev–Trinajstić information content (AvgIpc) is 2.54. The van der Waals surface area contributed by atoms with Crippen molar-refractivity contribution in [2.24, 2.45) is 17.8 Å². The molecule has 0 heteroatoms. The van der Waals surface area contributed by atoms with Crippen molar-refractivity contribution in [1.29, 1.82) is 0 Å². The lowest BCUT2D eigenvalue weighted by Gasteiger charge is -2.23. The summed E-state index contributed by atoms with van der Waals surface area (Å²) in [5, 5.41) is 0. The monoisotopic (exact) mass is 179 g/mol. The van der Waals surface area contributed by atoms with E-state index in [2.05, 4.69) is 33.8 Å². The molecule has 0 saturated carbocycles. The zero-order valence-corrected chi connectivity index (χ0v) is 9.56. The maximum absolute atomic E-state index is 3.71. The molecule has 1 radical (unpaired) electrons. The third-order valence-corrected chi connectivity index (χ3v) is 3.58. The molecule has 0 spiro atoms. The van der Waals surface area contributed by atoms with Crippen molar-refractivity contribution in [1.82, 2.24) is 0 Å². The van der Waals surface area contributed by atoms with E-state index >= 15 is 0 Å². The van der Waals surface area contributed by atoms with Gasteiger partial charge in [-0.3, -0.25) is 0 Å². The van der Waals surface area contributed by atoms with E-state index in [0.29, 0.717) is 0 Å². The van der Waals surface area contributed by atoms with Crippen molar-refractivity contribution < 1.29 is 0 Å². The first kappa shape index (κ1) is 10.8. The molecule has 0 aromatic heterocycles. The second kappa shape index (κ2) is 4.83. The molecule has 3 atom stereocenters. The van der Waals surface area contributed by atoms with E-state index in [-0.39, 0.29) is 0 Å². The highest BCUT2D eigenvalue weighted by Crippen LogP contribution is 2.42. The Labute approximate surface area is 83.4 Å². The van der Waals surface area contributed by atoms with Gasteiger partial charge in [0.1, 0.15) is 0 Å². The summed E-state index contributed by atoms with van der Waals surface area (Å²) in [6.45, 7) is 9.22. The highest BCUT2D eigenvalue weighted by Gasteiger charge is 2.32. The lowest BCUT2D eigenvalue weighted by atomic mass is 9.81. The molecule has 13 heavy (non-hydrogen) atoms. The topological polar surface area (TPSA) is 0 Å². The molecule has 1 aliphatic carbocycles. The van der Waals surface area contributed by atoms with Crippen LogP contribution in [0.2, 0.25) is 0 Å². The summed E-state index contributed by atoms with van der Waals surface area (Å²) in [7, 11) is 0. The predicted octanol–water partition coefficient (Wildman–Crippen LogP) is 4.22. The second-order valence-electron chi connectivity index (χ2n) is 4.12. The first-order valence-corrected chi connectivity index (χ1v) is 5.90. The third kappa shape index (κ3) is 1.98. The van der Waals surface area contributed by atoms with E-state index in [1.807, 2.05) is 0 Å². The van der Waals surface area contributed by atoms with E-state index < -0.39 is 0 Å². The zero-order valence-electron chi connectivity index (χ0n) is 9.56. The Hall–Kier alpha value is -0.260. The number of rotatable bonds is 4. The Morgan fingerprint density at radius 2 is 1.69 bits per heavy atom. The minimum absolute atomic E-state index is 0.755. The Balaban J connectivity index is 2.75. The smallest absolute Gasteiger partial charge is 0.0128 e. The van der Waals surface area contributed by atoms with Crippen LogP contribution in [0.3, 0.4) is 0 Å². The highest BCUT2D eigenvalue weighted by atomic mass is 14.4. The van der Waals surface area contributed by atoms with E-state index in [0.717, 1.165) is 17.8 Å². The van der Waals surface area contributed by atoms with Crippen LogP contribution in [-0.2, 0) is 0 Å². The van der Waals surface area contributed by atoms with Gasteiger partial charge in [-0.15, -0.1) is 0 Å². The molecule has 75 valence electrons. The van der Waals surface area contributed by atoms with E-state index in [1.165, 1.54) is 25.7 Å². The van der Waals surface area contributed by atoms with Gasteiger partial charge in [-0.25, -0.2) is 0 Å². The lowest BCUT2D eigenvalue weighted by molar-refractivity contribution is 0.299. The fourth-order valence-corrected chi connectivity index (χ4v) is 2.88. The van der Waals surface area contributed by atoms with Crippen LogP contribution < -0.4 is 0 Å². The van der Waals surface area contributed by atoms with Crippen molar-refractivity contribution in [3.8, 4) is 0 Å². The highest BCUT2D eigenvalue weighted by molar-refractivity contribution is 5.13. The van der Waals surface area contributed by atoms with Gasteiger partial charge in [0, 0.05) is 0 Å². The van der Waals surface area contributed by atoms with Crippen molar-refractivity contribution in [3.63, 3.8) is 0 Å². The van der Waals surface area contributed by atoms with Gasteiger partial charge in [0.2, 0.25) is 0 Å². The Bertz CT molecular complexity index is 178. The normalized spacial score (nSPS) is 33.5. The Morgan fingerprint density at radius 1 is 1.00 bits per heavy atom. The van der Waals surface area contributed by atoms with Gasteiger partial charge in [0.25, 0.3) is 0 Å². The van der Waals surface area contributed by atoms with Gasteiger partial charge in [0.05, 0.1) is 0 Å². The van der Waals surface area contributed by atoms with Crippen molar-refractivity contribution >= 4 is 0 Å². The molecule has 0 aliphatic heterocycles. The molecule has 0 saturated heterocycles. The molecule has 3 unspecified atom stereocenters. The summed E-state index contributed by atoms with van der Waals surface area (Å²) >= 11 is 0. The van der Waals surface area contributed by atoms with Gasteiger partial charge in [-0.1, -0.05) is 39.7 Å². The summed E-state index contributed by atoms with van der Waals surface area (Å²) in [6, 6.07) is 0. The quantitative estimate of drug-likeness (QED) is 0.606. The Kier molecular flexibility index (Phi) is 4.02. The maximum Gasteiger partial charge on any atom is -0.0128 e.